The lowest BCUT2D eigenvalue weighted by Gasteiger charge is -2.17. The minimum absolute atomic E-state index is 0.650. The van der Waals surface area contributed by atoms with Gasteiger partial charge in [-0.15, -0.1) is 0 Å². The van der Waals surface area contributed by atoms with Crippen molar-refractivity contribution in [1.29, 1.82) is 0 Å². The molecule has 3 nitrogen and oxygen atoms in total. The van der Waals surface area contributed by atoms with Gasteiger partial charge in [0.25, 0.3) is 0 Å². The van der Waals surface area contributed by atoms with Crippen LogP contribution in [0.25, 0.3) is 10.8 Å². The molecule has 1 aromatic carbocycles. The van der Waals surface area contributed by atoms with Crippen molar-refractivity contribution in [3.63, 3.8) is 0 Å². The van der Waals surface area contributed by atoms with E-state index in [1.54, 1.807) is 0 Å². The molecule has 1 N–H and O–H groups in total. The van der Waals surface area contributed by atoms with Crippen LogP contribution in [0.2, 0.25) is 0 Å². The summed E-state index contributed by atoms with van der Waals surface area (Å²) >= 11 is 0. The van der Waals surface area contributed by atoms with Crippen LogP contribution >= 0.6 is 0 Å². The second-order valence-electron chi connectivity index (χ2n) is 5.59. The third-order valence-corrected chi connectivity index (χ3v) is 3.89. The number of aromatic nitrogens is 1. The normalized spacial score (nSPS) is 15.9. The molecule has 3 heteroatoms. The minimum atomic E-state index is 0.650. The molecule has 1 fully saturated rings. The molecule has 19 heavy (non-hydrogen) atoms. The Balaban J connectivity index is 1.96. The van der Waals surface area contributed by atoms with Gasteiger partial charge in [0.05, 0.1) is 0 Å². The molecule has 1 heterocycles. The van der Waals surface area contributed by atoms with Crippen molar-refractivity contribution in [1.82, 2.24) is 4.98 Å². The van der Waals surface area contributed by atoms with Crippen LogP contribution in [0.3, 0.4) is 0 Å². The van der Waals surface area contributed by atoms with Gasteiger partial charge in [-0.05, 0) is 36.4 Å². The lowest BCUT2D eigenvalue weighted by molar-refractivity contribution is 0.756. The quantitative estimate of drug-likeness (QED) is 0.907. The average molecular weight is 255 g/mol. The minimum Gasteiger partial charge on any atom is -0.382 e. The number of benzene rings is 1. The standard InChI is InChI=1S/C16H21N3/c1-19(2)16-15-11-14(18-13-5-3-4-6-13)8-7-12(15)9-10-17-16/h7-11,13,18H,3-6H2,1-2H3. The molecule has 0 unspecified atom stereocenters. The molecule has 1 aliphatic carbocycles. The van der Waals surface area contributed by atoms with Crippen molar-refractivity contribution in [3.8, 4) is 0 Å². The predicted molar refractivity (Wildman–Crippen MR) is 81.9 cm³/mol. The van der Waals surface area contributed by atoms with Crippen molar-refractivity contribution in [3.05, 3.63) is 30.5 Å². The van der Waals surface area contributed by atoms with Gasteiger partial charge in [-0.3, -0.25) is 0 Å². The van der Waals surface area contributed by atoms with E-state index in [9.17, 15) is 0 Å². The van der Waals surface area contributed by atoms with Gasteiger partial charge in [0.15, 0.2) is 0 Å². The van der Waals surface area contributed by atoms with E-state index < -0.39 is 0 Å². The molecule has 1 saturated carbocycles. The van der Waals surface area contributed by atoms with Gasteiger partial charge in [-0.25, -0.2) is 4.98 Å². The van der Waals surface area contributed by atoms with Crippen LogP contribution < -0.4 is 10.2 Å². The van der Waals surface area contributed by atoms with E-state index in [1.807, 2.05) is 20.3 Å². The van der Waals surface area contributed by atoms with E-state index in [0.29, 0.717) is 6.04 Å². The van der Waals surface area contributed by atoms with Gasteiger partial charge in [-0.1, -0.05) is 18.9 Å². The molecule has 1 aliphatic rings. The summed E-state index contributed by atoms with van der Waals surface area (Å²) in [5.41, 5.74) is 1.22. The van der Waals surface area contributed by atoms with Crippen molar-refractivity contribution < 1.29 is 0 Å². The lowest BCUT2D eigenvalue weighted by atomic mass is 10.1. The van der Waals surface area contributed by atoms with Crippen LogP contribution in [0.5, 0.6) is 0 Å². The van der Waals surface area contributed by atoms with E-state index in [4.69, 9.17) is 0 Å². The van der Waals surface area contributed by atoms with Crippen LogP contribution in [0, 0.1) is 0 Å². The molecule has 0 spiro atoms. The molecule has 100 valence electrons. The Morgan fingerprint density at radius 1 is 1.16 bits per heavy atom. The zero-order chi connectivity index (χ0) is 13.2. The maximum absolute atomic E-state index is 4.48. The molecular formula is C16H21N3. The molecule has 0 aliphatic heterocycles. The van der Waals surface area contributed by atoms with Crippen molar-refractivity contribution in [2.75, 3.05) is 24.3 Å². The Morgan fingerprint density at radius 2 is 1.95 bits per heavy atom. The molecule has 0 bridgehead atoms. The number of pyridine rings is 1. The molecular weight excluding hydrogens is 234 g/mol. The molecule has 0 radical (unpaired) electrons. The van der Waals surface area contributed by atoms with E-state index in [1.165, 1.54) is 42.1 Å². The Hall–Kier alpha value is -1.77. The zero-order valence-electron chi connectivity index (χ0n) is 11.7. The Morgan fingerprint density at radius 3 is 2.68 bits per heavy atom. The summed E-state index contributed by atoms with van der Waals surface area (Å²) in [5.74, 6) is 1.03. The fraction of sp³-hybridized carbons (Fsp3) is 0.438. The smallest absolute Gasteiger partial charge is 0.135 e. The molecule has 0 saturated heterocycles. The highest BCUT2D eigenvalue weighted by atomic mass is 15.1. The summed E-state index contributed by atoms with van der Waals surface area (Å²) in [5, 5.41) is 6.12. The molecule has 0 atom stereocenters. The molecule has 1 aromatic heterocycles. The summed E-state index contributed by atoms with van der Waals surface area (Å²) in [6, 6.07) is 9.32. The van der Waals surface area contributed by atoms with Crippen LogP contribution in [0.15, 0.2) is 30.5 Å². The zero-order valence-corrected chi connectivity index (χ0v) is 11.7. The summed E-state index contributed by atoms with van der Waals surface area (Å²) in [4.78, 5) is 6.55. The SMILES string of the molecule is CN(C)c1nccc2ccc(NC3CCCC3)cc12. The first-order valence-corrected chi connectivity index (χ1v) is 7.07. The topological polar surface area (TPSA) is 28.2 Å². The van der Waals surface area contributed by atoms with Crippen LogP contribution in [-0.4, -0.2) is 25.1 Å². The van der Waals surface area contributed by atoms with Gasteiger partial charge < -0.3 is 10.2 Å². The first-order chi connectivity index (χ1) is 9.24. The number of fused-ring (bicyclic) bond motifs is 1. The van der Waals surface area contributed by atoms with Crippen molar-refractivity contribution >= 4 is 22.3 Å². The third kappa shape index (κ3) is 2.50. The fourth-order valence-electron chi connectivity index (χ4n) is 2.90. The molecule has 3 rings (SSSR count). The molecule has 2 aromatic rings. The fourth-order valence-corrected chi connectivity index (χ4v) is 2.90. The van der Waals surface area contributed by atoms with Crippen LogP contribution in [0.4, 0.5) is 11.5 Å². The highest BCUT2D eigenvalue weighted by Gasteiger charge is 2.14. The van der Waals surface area contributed by atoms with Gasteiger partial charge in [-0.2, -0.15) is 0 Å². The van der Waals surface area contributed by atoms with Crippen LogP contribution in [-0.2, 0) is 0 Å². The lowest BCUT2D eigenvalue weighted by Crippen LogP contribution is -2.14. The van der Waals surface area contributed by atoms with Crippen molar-refractivity contribution in [2.24, 2.45) is 0 Å². The summed E-state index contributed by atoms with van der Waals surface area (Å²) in [6.07, 6.45) is 7.18. The summed E-state index contributed by atoms with van der Waals surface area (Å²) in [7, 11) is 4.08. The van der Waals surface area contributed by atoms with Gasteiger partial charge >= 0.3 is 0 Å². The van der Waals surface area contributed by atoms with E-state index in [2.05, 4.69) is 39.5 Å². The summed E-state index contributed by atoms with van der Waals surface area (Å²) < 4.78 is 0. The number of hydrogen-bond donors (Lipinski definition) is 1. The second kappa shape index (κ2) is 5.08. The largest absolute Gasteiger partial charge is 0.382 e. The second-order valence-corrected chi connectivity index (χ2v) is 5.59. The summed E-state index contributed by atoms with van der Waals surface area (Å²) in [6.45, 7) is 0. The predicted octanol–water partition coefficient (Wildman–Crippen LogP) is 3.66. The Labute approximate surface area is 114 Å². The third-order valence-electron chi connectivity index (χ3n) is 3.89. The monoisotopic (exact) mass is 255 g/mol. The molecule has 0 amide bonds. The van der Waals surface area contributed by atoms with E-state index in [-0.39, 0.29) is 0 Å². The highest BCUT2D eigenvalue weighted by molar-refractivity contribution is 5.94. The van der Waals surface area contributed by atoms with Gasteiger partial charge in [0.1, 0.15) is 5.82 Å². The number of rotatable bonds is 3. The Kier molecular flexibility index (Phi) is 3.28. The Bertz CT molecular complexity index is 571. The maximum atomic E-state index is 4.48. The number of hydrogen-bond acceptors (Lipinski definition) is 3. The van der Waals surface area contributed by atoms with Gasteiger partial charge in [0, 0.05) is 37.4 Å². The maximum Gasteiger partial charge on any atom is 0.135 e. The average Bonchev–Trinajstić information content (AvgIpc) is 2.90. The van der Waals surface area contributed by atoms with Crippen LogP contribution in [0.1, 0.15) is 25.7 Å². The number of nitrogens with one attached hydrogen (secondary N) is 1. The highest BCUT2D eigenvalue weighted by Crippen LogP contribution is 2.28. The van der Waals surface area contributed by atoms with Gasteiger partial charge in [0.2, 0.25) is 0 Å². The van der Waals surface area contributed by atoms with E-state index in [0.717, 1.165) is 5.82 Å². The van der Waals surface area contributed by atoms with Crippen molar-refractivity contribution in [2.45, 2.75) is 31.7 Å². The number of anilines is 2. The first-order valence-electron chi connectivity index (χ1n) is 7.07. The van der Waals surface area contributed by atoms with E-state index >= 15 is 0 Å². The first kappa shape index (κ1) is 12.3. The number of nitrogens with zero attached hydrogens (tertiary/aromatic N) is 2.